The average Bonchev–Trinajstić information content (AvgIpc) is 2.99. The summed E-state index contributed by atoms with van der Waals surface area (Å²) in [6.45, 7) is 0.702. The van der Waals surface area contributed by atoms with E-state index in [4.69, 9.17) is 14.2 Å². The van der Waals surface area contributed by atoms with Crippen molar-refractivity contribution in [1.29, 1.82) is 0 Å². The van der Waals surface area contributed by atoms with Crippen molar-refractivity contribution in [2.45, 2.75) is 0 Å². The van der Waals surface area contributed by atoms with Crippen molar-refractivity contribution in [3.63, 3.8) is 0 Å². The Morgan fingerprint density at radius 1 is 1.17 bits per heavy atom. The molecule has 2 amide bonds. The first-order chi connectivity index (χ1) is 11.2. The van der Waals surface area contributed by atoms with E-state index in [0.29, 0.717) is 22.9 Å². The number of ether oxygens (including phenoxy) is 3. The average molecular weight is 318 g/mol. The zero-order chi connectivity index (χ0) is 16.1. The van der Waals surface area contributed by atoms with Gasteiger partial charge >= 0.3 is 6.03 Å². The second kappa shape index (κ2) is 6.87. The van der Waals surface area contributed by atoms with Gasteiger partial charge in [0.25, 0.3) is 0 Å². The molecule has 2 aromatic carbocycles. The van der Waals surface area contributed by atoms with Gasteiger partial charge in [-0.2, -0.15) is 0 Å². The first kappa shape index (κ1) is 15.0. The van der Waals surface area contributed by atoms with E-state index in [1.807, 2.05) is 0 Å². The number of anilines is 1. The third-order valence-electron chi connectivity index (χ3n) is 3.08. The van der Waals surface area contributed by atoms with Crippen LogP contribution >= 0.6 is 0 Å². The molecule has 1 aliphatic heterocycles. The van der Waals surface area contributed by atoms with Gasteiger partial charge in [0.15, 0.2) is 11.5 Å². The highest BCUT2D eigenvalue weighted by atomic mass is 19.1. The van der Waals surface area contributed by atoms with E-state index in [-0.39, 0.29) is 31.8 Å². The maximum Gasteiger partial charge on any atom is 0.319 e. The Kier molecular flexibility index (Phi) is 4.46. The number of benzene rings is 2. The minimum Gasteiger partial charge on any atom is -0.492 e. The number of carbonyl (C=O) groups excluding carboxylic acids is 1. The molecule has 0 atom stereocenters. The fourth-order valence-corrected chi connectivity index (χ4v) is 2.04. The summed E-state index contributed by atoms with van der Waals surface area (Å²) in [5.74, 6) is 1.30. The maximum atomic E-state index is 13.0. The molecule has 2 N–H and O–H groups in total. The Bertz CT molecular complexity index is 708. The van der Waals surface area contributed by atoms with Gasteiger partial charge in [-0.15, -0.1) is 0 Å². The van der Waals surface area contributed by atoms with E-state index < -0.39 is 0 Å². The summed E-state index contributed by atoms with van der Waals surface area (Å²) in [5.41, 5.74) is 0.595. The number of nitrogens with one attached hydrogen (secondary N) is 2. The fourth-order valence-electron chi connectivity index (χ4n) is 2.04. The molecule has 0 radical (unpaired) electrons. The quantitative estimate of drug-likeness (QED) is 0.832. The molecule has 0 aromatic heterocycles. The molecule has 0 fully saturated rings. The van der Waals surface area contributed by atoms with Gasteiger partial charge in [0.05, 0.1) is 6.54 Å². The van der Waals surface area contributed by atoms with Crippen LogP contribution in [0.3, 0.4) is 0 Å². The van der Waals surface area contributed by atoms with Crippen LogP contribution in [0.5, 0.6) is 17.2 Å². The van der Waals surface area contributed by atoms with Gasteiger partial charge in [-0.3, -0.25) is 0 Å². The largest absolute Gasteiger partial charge is 0.492 e. The number of halogens is 1. The standard InChI is InChI=1S/C16H15FN2O4/c17-11-2-1-3-13(8-11)21-7-6-18-16(20)19-12-4-5-14-15(9-12)23-10-22-14/h1-5,8-9H,6-7,10H2,(H2,18,19,20). The molecule has 7 heteroatoms. The SMILES string of the molecule is O=C(NCCOc1cccc(F)c1)Nc1ccc2c(c1)OCO2. The van der Waals surface area contributed by atoms with E-state index in [9.17, 15) is 9.18 Å². The van der Waals surface area contributed by atoms with Crippen molar-refractivity contribution in [3.05, 3.63) is 48.3 Å². The van der Waals surface area contributed by atoms with Crippen molar-refractivity contribution < 1.29 is 23.4 Å². The Morgan fingerprint density at radius 2 is 2.04 bits per heavy atom. The normalized spacial score (nSPS) is 11.9. The highest BCUT2D eigenvalue weighted by Crippen LogP contribution is 2.34. The Hall–Kier alpha value is -2.96. The van der Waals surface area contributed by atoms with Crippen molar-refractivity contribution >= 4 is 11.7 Å². The number of rotatable bonds is 5. The van der Waals surface area contributed by atoms with Gasteiger partial charge in [0, 0.05) is 17.8 Å². The lowest BCUT2D eigenvalue weighted by Gasteiger charge is -2.09. The Labute approximate surface area is 132 Å². The summed E-state index contributed by atoms with van der Waals surface area (Å²) in [4.78, 5) is 11.8. The van der Waals surface area contributed by atoms with Crippen LogP contribution in [-0.4, -0.2) is 26.0 Å². The molecule has 3 rings (SSSR count). The monoisotopic (exact) mass is 318 g/mol. The first-order valence-corrected chi connectivity index (χ1v) is 7.03. The van der Waals surface area contributed by atoms with Crippen LogP contribution < -0.4 is 24.8 Å². The molecule has 2 aromatic rings. The van der Waals surface area contributed by atoms with Crippen LogP contribution in [0.1, 0.15) is 0 Å². The van der Waals surface area contributed by atoms with Crippen LogP contribution in [0.4, 0.5) is 14.9 Å². The highest BCUT2D eigenvalue weighted by Gasteiger charge is 2.13. The zero-order valence-corrected chi connectivity index (χ0v) is 12.2. The first-order valence-electron chi connectivity index (χ1n) is 7.03. The minimum atomic E-state index is -0.369. The van der Waals surface area contributed by atoms with Crippen LogP contribution in [0.2, 0.25) is 0 Å². The van der Waals surface area contributed by atoms with Crippen molar-refractivity contribution in [2.75, 3.05) is 25.3 Å². The van der Waals surface area contributed by atoms with Crippen LogP contribution in [0.25, 0.3) is 0 Å². The molecule has 0 aliphatic carbocycles. The number of hydrogen-bond acceptors (Lipinski definition) is 4. The van der Waals surface area contributed by atoms with Gasteiger partial charge < -0.3 is 24.8 Å². The molecule has 0 unspecified atom stereocenters. The van der Waals surface area contributed by atoms with Crippen molar-refractivity contribution in [1.82, 2.24) is 5.32 Å². The molecule has 1 heterocycles. The molecular formula is C16H15FN2O4. The van der Waals surface area contributed by atoms with E-state index in [1.165, 1.54) is 12.1 Å². The third kappa shape index (κ3) is 4.03. The molecule has 6 nitrogen and oxygen atoms in total. The van der Waals surface area contributed by atoms with Gasteiger partial charge in [0.1, 0.15) is 18.2 Å². The number of carbonyl (C=O) groups is 1. The number of urea groups is 1. The molecule has 0 saturated carbocycles. The second-order valence-corrected chi connectivity index (χ2v) is 4.75. The van der Waals surface area contributed by atoms with Crippen LogP contribution in [0.15, 0.2) is 42.5 Å². The summed E-state index contributed by atoms with van der Waals surface area (Å²) in [5, 5.41) is 5.32. The molecule has 0 bridgehead atoms. The zero-order valence-electron chi connectivity index (χ0n) is 12.2. The van der Waals surface area contributed by atoms with Crippen molar-refractivity contribution in [2.24, 2.45) is 0 Å². The summed E-state index contributed by atoms with van der Waals surface area (Å²) >= 11 is 0. The van der Waals surface area contributed by atoms with E-state index in [1.54, 1.807) is 30.3 Å². The van der Waals surface area contributed by atoms with Gasteiger partial charge in [-0.05, 0) is 24.3 Å². The minimum absolute atomic E-state index is 0.183. The fraction of sp³-hybridized carbons (Fsp3) is 0.188. The molecule has 0 spiro atoms. The lowest BCUT2D eigenvalue weighted by molar-refractivity contribution is 0.174. The number of hydrogen-bond donors (Lipinski definition) is 2. The van der Waals surface area contributed by atoms with E-state index in [0.717, 1.165) is 0 Å². The predicted molar refractivity (Wildman–Crippen MR) is 81.5 cm³/mol. The van der Waals surface area contributed by atoms with Crippen LogP contribution in [0, 0.1) is 5.82 Å². The summed E-state index contributed by atoms with van der Waals surface area (Å²) < 4.78 is 28.7. The Balaban J connectivity index is 1.41. The smallest absolute Gasteiger partial charge is 0.319 e. The topological polar surface area (TPSA) is 68.8 Å². The van der Waals surface area contributed by atoms with Gasteiger partial charge in [-0.1, -0.05) is 6.07 Å². The lowest BCUT2D eigenvalue weighted by atomic mass is 10.3. The molecule has 120 valence electrons. The third-order valence-corrected chi connectivity index (χ3v) is 3.08. The van der Waals surface area contributed by atoms with Gasteiger partial charge in [-0.25, -0.2) is 9.18 Å². The molecule has 1 aliphatic rings. The lowest BCUT2D eigenvalue weighted by Crippen LogP contribution is -2.32. The highest BCUT2D eigenvalue weighted by molar-refractivity contribution is 5.89. The van der Waals surface area contributed by atoms with E-state index >= 15 is 0 Å². The maximum absolute atomic E-state index is 13.0. The van der Waals surface area contributed by atoms with E-state index in [2.05, 4.69) is 10.6 Å². The summed E-state index contributed by atoms with van der Waals surface area (Å²) in [6.07, 6.45) is 0. The molecular weight excluding hydrogens is 303 g/mol. The summed E-state index contributed by atoms with van der Waals surface area (Å²) in [6, 6.07) is 10.6. The second-order valence-electron chi connectivity index (χ2n) is 4.75. The summed E-state index contributed by atoms with van der Waals surface area (Å²) in [7, 11) is 0. The van der Waals surface area contributed by atoms with Crippen molar-refractivity contribution in [3.8, 4) is 17.2 Å². The Morgan fingerprint density at radius 3 is 2.91 bits per heavy atom. The predicted octanol–water partition coefficient (Wildman–Crippen LogP) is 2.75. The molecule has 23 heavy (non-hydrogen) atoms. The number of fused-ring (bicyclic) bond motifs is 1. The number of amides is 2. The van der Waals surface area contributed by atoms with Gasteiger partial charge in [0.2, 0.25) is 6.79 Å². The molecule has 0 saturated heterocycles. The van der Waals surface area contributed by atoms with Crippen LogP contribution in [-0.2, 0) is 0 Å².